The molecule has 180 valence electrons. The van der Waals surface area contributed by atoms with Gasteiger partial charge in [0.1, 0.15) is 17.8 Å². The number of nitrogens with one attached hydrogen (secondary N) is 2. The van der Waals surface area contributed by atoms with Crippen LogP contribution in [0, 0.1) is 0 Å². The SMILES string of the molecule is O=C(Nc1ccc(Oc2ncnc3ccccc23)cc1)Nc1ncc(-c2ccc(C(F)(F)F)nc2)o1. The molecule has 0 unspecified atom stereocenters. The molecular weight excluding hydrogens is 477 g/mol. The molecular formula is C24H15F3N6O3. The molecule has 3 aromatic heterocycles. The van der Waals surface area contributed by atoms with Gasteiger partial charge in [-0.15, -0.1) is 0 Å². The number of nitrogens with zero attached hydrogens (tertiary/aromatic N) is 4. The summed E-state index contributed by atoms with van der Waals surface area (Å²) in [4.78, 5) is 27.9. The summed E-state index contributed by atoms with van der Waals surface area (Å²) < 4.78 is 49.2. The van der Waals surface area contributed by atoms with E-state index in [9.17, 15) is 18.0 Å². The zero-order valence-corrected chi connectivity index (χ0v) is 18.2. The lowest BCUT2D eigenvalue weighted by Gasteiger charge is -2.09. The van der Waals surface area contributed by atoms with Crippen molar-refractivity contribution in [2.75, 3.05) is 10.6 Å². The molecule has 0 bridgehead atoms. The third-order valence-electron chi connectivity index (χ3n) is 4.90. The summed E-state index contributed by atoms with van der Waals surface area (Å²) in [5.41, 5.74) is 0.467. The van der Waals surface area contributed by atoms with Crippen LogP contribution in [0.2, 0.25) is 0 Å². The molecule has 5 rings (SSSR count). The fraction of sp³-hybridized carbons (Fsp3) is 0.0417. The van der Waals surface area contributed by atoms with Crippen molar-refractivity contribution >= 4 is 28.6 Å². The number of hydrogen-bond acceptors (Lipinski definition) is 7. The van der Waals surface area contributed by atoms with E-state index in [-0.39, 0.29) is 17.3 Å². The Morgan fingerprint density at radius 2 is 1.67 bits per heavy atom. The predicted octanol–water partition coefficient (Wildman–Crippen LogP) is 6.13. The molecule has 2 amide bonds. The number of para-hydroxylation sites is 1. The van der Waals surface area contributed by atoms with Gasteiger partial charge in [0.05, 0.1) is 17.1 Å². The van der Waals surface area contributed by atoms with Crippen LogP contribution in [0.4, 0.5) is 29.7 Å². The number of oxazole rings is 1. The van der Waals surface area contributed by atoms with Crippen LogP contribution in [-0.2, 0) is 6.18 Å². The lowest BCUT2D eigenvalue weighted by molar-refractivity contribution is -0.141. The lowest BCUT2D eigenvalue weighted by Crippen LogP contribution is -2.19. The molecule has 0 spiro atoms. The molecule has 2 aromatic carbocycles. The number of pyridine rings is 1. The van der Waals surface area contributed by atoms with Crippen LogP contribution in [0.25, 0.3) is 22.2 Å². The third kappa shape index (κ3) is 5.06. The minimum absolute atomic E-state index is 0.141. The topological polar surface area (TPSA) is 115 Å². The number of carbonyl (C=O) groups is 1. The second-order valence-corrected chi connectivity index (χ2v) is 7.36. The standard InChI is InChI=1S/C24H15F3N6O3/c25-24(26,27)20-10-5-14(11-28-20)19-12-29-23(36-19)33-22(34)32-15-6-8-16(9-7-15)35-21-17-3-1-2-4-18(17)30-13-31-21/h1-13H,(H2,29,32,33,34). The Hall–Kier alpha value is -5.00. The number of aromatic nitrogens is 4. The van der Waals surface area contributed by atoms with Gasteiger partial charge in [-0.25, -0.2) is 19.7 Å². The number of amides is 2. The Labute approximate surface area is 201 Å². The number of rotatable bonds is 5. The fourth-order valence-electron chi connectivity index (χ4n) is 3.21. The first-order valence-electron chi connectivity index (χ1n) is 10.4. The molecule has 0 fully saturated rings. The first kappa shape index (κ1) is 22.8. The number of anilines is 2. The van der Waals surface area contributed by atoms with Gasteiger partial charge in [0, 0.05) is 17.4 Å². The second-order valence-electron chi connectivity index (χ2n) is 7.36. The summed E-state index contributed by atoms with van der Waals surface area (Å²) in [7, 11) is 0. The Kier molecular flexibility index (Phi) is 5.90. The van der Waals surface area contributed by atoms with E-state index in [1.54, 1.807) is 24.3 Å². The quantitative estimate of drug-likeness (QED) is 0.303. The van der Waals surface area contributed by atoms with Gasteiger partial charge in [-0.05, 0) is 48.5 Å². The molecule has 0 radical (unpaired) electrons. The Morgan fingerprint density at radius 1 is 0.861 bits per heavy atom. The number of alkyl halides is 3. The fourth-order valence-corrected chi connectivity index (χ4v) is 3.21. The van der Waals surface area contributed by atoms with Crippen molar-refractivity contribution in [3.8, 4) is 23.0 Å². The maximum Gasteiger partial charge on any atom is 0.433 e. The van der Waals surface area contributed by atoms with Crippen molar-refractivity contribution in [2.24, 2.45) is 0 Å². The van der Waals surface area contributed by atoms with Gasteiger partial charge in [-0.1, -0.05) is 12.1 Å². The first-order valence-corrected chi connectivity index (χ1v) is 10.4. The zero-order chi connectivity index (χ0) is 25.1. The maximum absolute atomic E-state index is 12.7. The number of urea groups is 1. The van der Waals surface area contributed by atoms with Crippen molar-refractivity contribution in [2.45, 2.75) is 6.18 Å². The third-order valence-corrected chi connectivity index (χ3v) is 4.90. The van der Waals surface area contributed by atoms with E-state index in [2.05, 4.69) is 30.6 Å². The van der Waals surface area contributed by atoms with E-state index in [1.165, 1.54) is 18.6 Å². The van der Waals surface area contributed by atoms with Crippen LogP contribution in [-0.4, -0.2) is 26.0 Å². The monoisotopic (exact) mass is 492 g/mol. The van der Waals surface area contributed by atoms with E-state index in [4.69, 9.17) is 9.15 Å². The van der Waals surface area contributed by atoms with Crippen LogP contribution in [0.1, 0.15) is 5.69 Å². The van der Waals surface area contributed by atoms with Crippen molar-refractivity contribution in [3.63, 3.8) is 0 Å². The molecule has 12 heteroatoms. The van der Waals surface area contributed by atoms with Crippen LogP contribution < -0.4 is 15.4 Å². The molecule has 5 aromatic rings. The lowest BCUT2D eigenvalue weighted by atomic mass is 10.2. The highest BCUT2D eigenvalue weighted by molar-refractivity contribution is 5.98. The van der Waals surface area contributed by atoms with Gasteiger partial charge in [-0.3, -0.25) is 10.3 Å². The number of ether oxygens (including phenoxy) is 1. The maximum atomic E-state index is 12.7. The molecule has 0 aliphatic carbocycles. The number of benzene rings is 2. The number of fused-ring (bicyclic) bond motifs is 1. The van der Waals surface area contributed by atoms with E-state index in [0.29, 0.717) is 17.3 Å². The largest absolute Gasteiger partial charge is 0.438 e. The van der Waals surface area contributed by atoms with Gasteiger partial charge >= 0.3 is 18.2 Å². The van der Waals surface area contributed by atoms with Crippen molar-refractivity contribution in [1.82, 2.24) is 19.9 Å². The number of carbonyl (C=O) groups excluding carboxylic acids is 1. The molecule has 0 aliphatic heterocycles. The van der Waals surface area contributed by atoms with Crippen molar-refractivity contribution in [1.29, 1.82) is 0 Å². The summed E-state index contributed by atoms with van der Waals surface area (Å²) in [6.07, 6.45) is -0.844. The minimum Gasteiger partial charge on any atom is -0.438 e. The second kappa shape index (κ2) is 9.33. The molecule has 0 atom stereocenters. The van der Waals surface area contributed by atoms with Crippen LogP contribution in [0.15, 0.2) is 83.8 Å². The Morgan fingerprint density at radius 3 is 2.42 bits per heavy atom. The number of halogens is 3. The average molecular weight is 492 g/mol. The van der Waals surface area contributed by atoms with Gasteiger partial charge < -0.3 is 14.5 Å². The average Bonchev–Trinajstić information content (AvgIpc) is 3.33. The first-order chi connectivity index (χ1) is 17.3. The van der Waals surface area contributed by atoms with Crippen LogP contribution >= 0.6 is 0 Å². The highest BCUT2D eigenvalue weighted by atomic mass is 19.4. The van der Waals surface area contributed by atoms with Gasteiger partial charge in [-0.2, -0.15) is 13.2 Å². The van der Waals surface area contributed by atoms with E-state index >= 15 is 0 Å². The molecule has 9 nitrogen and oxygen atoms in total. The van der Waals surface area contributed by atoms with E-state index < -0.39 is 17.9 Å². The van der Waals surface area contributed by atoms with E-state index in [1.807, 2.05) is 24.3 Å². The van der Waals surface area contributed by atoms with Gasteiger partial charge in [0.2, 0.25) is 5.88 Å². The van der Waals surface area contributed by atoms with Crippen molar-refractivity contribution < 1.29 is 27.1 Å². The summed E-state index contributed by atoms with van der Waals surface area (Å²) in [6.45, 7) is 0. The molecule has 3 heterocycles. The Balaban J connectivity index is 1.20. The summed E-state index contributed by atoms with van der Waals surface area (Å²) in [6, 6.07) is 15.3. The molecule has 0 aliphatic rings. The molecule has 2 N–H and O–H groups in total. The molecule has 0 saturated heterocycles. The smallest absolute Gasteiger partial charge is 0.433 e. The summed E-state index contributed by atoms with van der Waals surface area (Å²) in [5.74, 6) is 1.06. The summed E-state index contributed by atoms with van der Waals surface area (Å²) in [5, 5.41) is 5.79. The highest BCUT2D eigenvalue weighted by Gasteiger charge is 2.32. The van der Waals surface area contributed by atoms with Crippen LogP contribution in [0.3, 0.4) is 0 Å². The van der Waals surface area contributed by atoms with E-state index in [0.717, 1.165) is 23.2 Å². The molecule has 0 saturated carbocycles. The van der Waals surface area contributed by atoms with Crippen LogP contribution in [0.5, 0.6) is 11.6 Å². The van der Waals surface area contributed by atoms with Gasteiger partial charge in [0.15, 0.2) is 5.76 Å². The van der Waals surface area contributed by atoms with Gasteiger partial charge in [0.25, 0.3) is 0 Å². The van der Waals surface area contributed by atoms with Crippen molar-refractivity contribution in [3.05, 3.63) is 85.1 Å². The number of hydrogen-bond donors (Lipinski definition) is 2. The predicted molar refractivity (Wildman–Crippen MR) is 123 cm³/mol. The minimum atomic E-state index is -4.54. The molecule has 36 heavy (non-hydrogen) atoms. The highest BCUT2D eigenvalue weighted by Crippen LogP contribution is 2.30. The normalized spacial score (nSPS) is 11.3. The summed E-state index contributed by atoms with van der Waals surface area (Å²) >= 11 is 0. The zero-order valence-electron chi connectivity index (χ0n) is 18.2. The Bertz CT molecular complexity index is 1510.